The number of carbonyl (C=O) groups excluding carboxylic acids is 1. The van der Waals surface area contributed by atoms with Gasteiger partial charge in [-0.1, -0.05) is 35.5 Å². The molecule has 25 heavy (non-hydrogen) atoms. The van der Waals surface area contributed by atoms with E-state index in [1.54, 1.807) is 36.5 Å². The predicted molar refractivity (Wildman–Crippen MR) is 88.2 cm³/mol. The topological polar surface area (TPSA) is 81.4 Å². The number of pyridine rings is 1. The van der Waals surface area contributed by atoms with Crippen molar-refractivity contribution in [2.75, 3.05) is 13.7 Å². The van der Waals surface area contributed by atoms with Gasteiger partial charge < -0.3 is 14.2 Å². The minimum absolute atomic E-state index is 0.0164. The minimum Gasteiger partial charge on any atom is -0.356 e. The molecule has 3 aromatic rings. The fraction of sp³-hybridized carbons (Fsp3) is 0.222. The maximum Gasteiger partial charge on any atom is 0.258 e. The predicted octanol–water partition coefficient (Wildman–Crippen LogP) is 2.40. The van der Waals surface area contributed by atoms with Crippen molar-refractivity contribution in [2.45, 2.75) is 12.1 Å². The molecule has 0 aliphatic carbocycles. The molecular formula is C18H16N4O3. The second-order valence-electron chi connectivity index (χ2n) is 5.78. The van der Waals surface area contributed by atoms with E-state index in [4.69, 9.17) is 9.26 Å². The van der Waals surface area contributed by atoms with E-state index in [1.165, 1.54) is 0 Å². The molecule has 126 valence electrons. The molecule has 4 rings (SSSR count). The number of benzene rings is 1. The third-order valence-corrected chi connectivity index (χ3v) is 4.25. The van der Waals surface area contributed by atoms with Crippen molar-refractivity contribution in [2.24, 2.45) is 0 Å². The number of likely N-dealkylation sites (N-methyl/N-ethyl adjacent to an activating group) is 1. The van der Waals surface area contributed by atoms with Crippen LogP contribution in [0.25, 0.3) is 11.4 Å². The van der Waals surface area contributed by atoms with Crippen molar-refractivity contribution in [1.82, 2.24) is 20.0 Å². The highest BCUT2D eigenvalue weighted by molar-refractivity contribution is 5.78. The van der Waals surface area contributed by atoms with Gasteiger partial charge in [0.2, 0.25) is 11.7 Å². The SMILES string of the molecule is CN1C(=O)CO[C@@H](c2nc(-c3ccncc3)no2)[C@H]1c1ccccc1. The fourth-order valence-corrected chi connectivity index (χ4v) is 2.94. The Hall–Kier alpha value is -3.06. The van der Waals surface area contributed by atoms with E-state index in [1.807, 2.05) is 30.3 Å². The van der Waals surface area contributed by atoms with Gasteiger partial charge in [0.25, 0.3) is 5.89 Å². The van der Waals surface area contributed by atoms with Gasteiger partial charge in [-0.25, -0.2) is 0 Å². The van der Waals surface area contributed by atoms with Crippen LogP contribution in [-0.4, -0.2) is 39.6 Å². The molecule has 0 N–H and O–H groups in total. The lowest BCUT2D eigenvalue weighted by Gasteiger charge is -2.37. The van der Waals surface area contributed by atoms with Crippen LogP contribution in [0.2, 0.25) is 0 Å². The van der Waals surface area contributed by atoms with Gasteiger partial charge >= 0.3 is 0 Å². The monoisotopic (exact) mass is 336 g/mol. The molecule has 1 amide bonds. The minimum atomic E-state index is -0.520. The van der Waals surface area contributed by atoms with Crippen molar-refractivity contribution in [3.63, 3.8) is 0 Å². The van der Waals surface area contributed by atoms with Crippen LogP contribution in [0.3, 0.4) is 0 Å². The Balaban J connectivity index is 1.70. The van der Waals surface area contributed by atoms with Crippen LogP contribution in [0.5, 0.6) is 0 Å². The molecule has 1 saturated heterocycles. The summed E-state index contributed by atoms with van der Waals surface area (Å²) in [5.41, 5.74) is 1.76. The Morgan fingerprint density at radius 1 is 1.12 bits per heavy atom. The lowest BCUT2D eigenvalue weighted by Crippen LogP contribution is -2.43. The van der Waals surface area contributed by atoms with Gasteiger partial charge in [-0.2, -0.15) is 4.98 Å². The van der Waals surface area contributed by atoms with Crippen LogP contribution >= 0.6 is 0 Å². The van der Waals surface area contributed by atoms with Crippen LogP contribution < -0.4 is 0 Å². The lowest BCUT2D eigenvalue weighted by atomic mass is 9.98. The smallest absolute Gasteiger partial charge is 0.258 e. The Labute approximate surface area is 144 Å². The summed E-state index contributed by atoms with van der Waals surface area (Å²) in [6.45, 7) is -0.0164. The number of aromatic nitrogens is 3. The molecule has 7 nitrogen and oxygen atoms in total. The summed E-state index contributed by atoms with van der Waals surface area (Å²) in [5, 5.41) is 4.04. The van der Waals surface area contributed by atoms with Gasteiger partial charge in [0, 0.05) is 25.0 Å². The molecule has 0 spiro atoms. The average Bonchev–Trinajstić information content (AvgIpc) is 3.15. The summed E-state index contributed by atoms with van der Waals surface area (Å²) in [6.07, 6.45) is 2.82. The van der Waals surface area contributed by atoms with E-state index >= 15 is 0 Å². The largest absolute Gasteiger partial charge is 0.356 e. The number of hydrogen-bond acceptors (Lipinski definition) is 6. The first-order valence-electron chi connectivity index (χ1n) is 7.90. The van der Waals surface area contributed by atoms with Crippen LogP contribution in [0.4, 0.5) is 0 Å². The number of nitrogens with zero attached hydrogens (tertiary/aromatic N) is 4. The standard InChI is InChI=1S/C18H16N4O3/c1-22-14(23)11-24-16(15(22)12-5-3-2-4-6-12)18-20-17(21-25-18)13-7-9-19-10-8-13/h2-10,15-16H,11H2,1H3/t15-,16-/m1/s1. The second kappa shape index (κ2) is 6.45. The van der Waals surface area contributed by atoms with Crippen molar-refractivity contribution >= 4 is 5.91 Å². The summed E-state index contributed by atoms with van der Waals surface area (Å²) < 4.78 is 11.2. The van der Waals surface area contributed by atoms with Gasteiger partial charge in [0.15, 0.2) is 6.10 Å². The number of carbonyl (C=O) groups is 1. The molecule has 0 bridgehead atoms. The van der Waals surface area contributed by atoms with Gasteiger partial charge in [-0.05, 0) is 17.7 Å². The normalized spacial score (nSPS) is 20.7. The summed E-state index contributed by atoms with van der Waals surface area (Å²) >= 11 is 0. The highest BCUT2D eigenvalue weighted by Crippen LogP contribution is 2.38. The first kappa shape index (κ1) is 15.5. The highest BCUT2D eigenvalue weighted by Gasteiger charge is 2.39. The number of rotatable bonds is 3. The lowest BCUT2D eigenvalue weighted by molar-refractivity contribution is -0.157. The van der Waals surface area contributed by atoms with E-state index in [0.29, 0.717) is 11.7 Å². The molecule has 0 saturated carbocycles. The average molecular weight is 336 g/mol. The zero-order valence-corrected chi connectivity index (χ0v) is 13.6. The molecular weight excluding hydrogens is 320 g/mol. The van der Waals surface area contributed by atoms with Gasteiger partial charge in [-0.15, -0.1) is 0 Å². The summed E-state index contributed by atoms with van der Waals surface area (Å²) in [4.78, 5) is 22.2. The zero-order valence-electron chi connectivity index (χ0n) is 13.6. The first-order chi connectivity index (χ1) is 12.2. The molecule has 2 atom stereocenters. The molecule has 1 aliphatic rings. The fourth-order valence-electron chi connectivity index (χ4n) is 2.94. The van der Waals surface area contributed by atoms with Crippen molar-refractivity contribution in [3.05, 3.63) is 66.3 Å². The third kappa shape index (κ3) is 2.89. The van der Waals surface area contributed by atoms with Crippen molar-refractivity contribution in [3.8, 4) is 11.4 Å². The molecule has 2 aromatic heterocycles. The maximum absolute atomic E-state index is 12.1. The van der Waals surface area contributed by atoms with Crippen LogP contribution in [0.15, 0.2) is 59.4 Å². The molecule has 0 unspecified atom stereocenters. The first-order valence-corrected chi connectivity index (χ1v) is 7.90. The van der Waals surface area contributed by atoms with E-state index < -0.39 is 6.10 Å². The summed E-state index contributed by atoms with van der Waals surface area (Å²) in [6, 6.07) is 13.0. The number of morpholine rings is 1. The quantitative estimate of drug-likeness (QED) is 0.730. The zero-order chi connectivity index (χ0) is 17.2. The van der Waals surface area contributed by atoms with Crippen LogP contribution in [-0.2, 0) is 9.53 Å². The third-order valence-electron chi connectivity index (χ3n) is 4.25. The summed E-state index contributed by atoms with van der Waals surface area (Å²) in [7, 11) is 1.76. The highest BCUT2D eigenvalue weighted by atomic mass is 16.5. The van der Waals surface area contributed by atoms with E-state index in [0.717, 1.165) is 11.1 Å². The number of hydrogen-bond donors (Lipinski definition) is 0. The number of amides is 1. The number of ether oxygens (including phenoxy) is 1. The molecule has 1 fully saturated rings. The van der Waals surface area contributed by atoms with Gasteiger partial charge in [-0.3, -0.25) is 9.78 Å². The molecule has 7 heteroatoms. The van der Waals surface area contributed by atoms with E-state index in [-0.39, 0.29) is 18.6 Å². The van der Waals surface area contributed by atoms with Gasteiger partial charge in [0.1, 0.15) is 6.61 Å². The van der Waals surface area contributed by atoms with Crippen molar-refractivity contribution < 1.29 is 14.1 Å². The molecule has 0 radical (unpaired) electrons. The van der Waals surface area contributed by atoms with E-state index in [2.05, 4.69) is 15.1 Å². The van der Waals surface area contributed by atoms with E-state index in [9.17, 15) is 4.79 Å². The second-order valence-corrected chi connectivity index (χ2v) is 5.78. The Kier molecular flexibility index (Phi) is 3.99. The summed E-state index contributed by atoms with van der Waals surface area (Å²) in [5.74, 6) is 0.728. The van der Waals surface area contributed by atoms with Crippen LogP contribution in [0, 0.1) is 0 Å². The van der Waals surface area contributed by atoms with Gasteiger partial charge in [0.05, 0.1) is 6.04 Å². The Morgan fingerprint density at radius 2 is 1.88 bits per heavy atom. The Bertz CT molecular complexity index is 866. The molecule has 1 aromatic carbocycles. The van der Waals surface area contributed by atoms with Crippen molar-refractivity contribution in [1.29, 1.82) is 0 Å². The molecule has 1 aliphatic heterocycles. The Morgan fingerprint density at radius 3 is 2.64 bits per heavy atom. The maximum atomic E-state index is 12.1. The van der Waals surface area contributed by atoms with Crippen LogP contribution in [0.1, 0.15) is 23.6 Å². The molecule has 3 heterocycles.